The summed E-state index contributed by atoms with van der Waals surface area (Å²) in [5.41, 5.74) is 3.15. The van der Waals surface area contributed by atoms with Crippen molar-refractivity contribution < 1.29 is 24.2 Å². The average Bonchev–Trinajstić information content (AvgIpc) is 3.40. The molecular weight excluding hydrogens is 478 g/mol. The summed E-state index contributed by atoms with van der Waals surface area (Å²) in [6, 6.07) is 21.6. The fourth-order valence-electron chi connectivity index (χ4n) is 5.08. The molecule has 0 saturated carbocycles. The second-order valence-electron chi connectivity index (χ2n) is 10.5. The molecule has 1 N–H and O–H groups in total. The summed E-state index contributed by atoms with van der Waals surface area (Å²) in [6.07, 6.45) is 1.69. The molecular formula is C32H33NO5. The summed E-state index contributed by atoms with van der Waals surface area (Å²) in [5.74, 6) is 0.442. The van der Waals surface area contributed by atoms with E-state index in [-0.39, 0.29) is 24.0 Å². The fourth-order valence-corrected chi connectivity index (χ4v) is 5.08. The topological polar surface area (TPSA) is 76.1 Å². The van der Waals surface area contributed by atoms with Gasteiger partial charge in [-0.05, 0) is 66.3 Å². The standard InChI is InChI=1S/C32H33NO5/c1-20(2)14-15-37-26-11-7-10-23(18-26)29-28(30(34)24-12-13-27-25(17-24)16-21(3)38-27)31(35)32(36)33(29)19-22-8-5-4-6-9-22/h4-13,17-18,20-21,29,34H,14-16,19H2,1-3H3/b30-28+/t21-,29+/m1/s1. The molecule has 0 aliphatic carbocycles. The number of carbonyl (C=O) groups excluding carboxylic acids is 2. The number of nitrogens with zero attached hydrogens (tertiary/aromatic N) is 1. The summed E-state index contributed by atoms with van der Waals surface area (Å²) < 4.78 is 11.8. The Morgan fingerprint density at radius 1 is 1.05 bits per heavy atom. The van der Waals surface area contributed by atoms with Crippen LogP contribution in [-0.2, 0) is 22.6 Å². The van der Waals surface area contributed by atoms with Crippen LogP contribution in [0.25, 0.3) is 5.76 Å². The number of ketones is 1. The van der Waals surface area contributed by atoms with Crippen LogP contribution in [0, 0.1) is 5.92 Å². The largest absolute Gasteiger partial charge is 0.507 e. The maximum atomic E-state index is 13.5. The Morgan fingerprint density at radius 2 is 1.84 bits per heavy atom. The molecule has 3 aromatic rings. The van der Waals surface area contributed by atoms with Crippen LogP contribution in [0.5, 0.6) is 11.5 Å². The minimum atomic E-state index is -0.757. The van der Waals surface area contributed by atoms with Crippen molar-refractivity contribution in [1.29, 1.82) is 0 Å². The molecule has 38 heavy (non-hydrogen) atoms. The van der Waals surface area contributed by atoms with Crippen LogP contribution < -0.4 is 9.47 Å². The van der Waals surface area contributed by atoms with Crippen molar-refractivity contribution in [3.63, 3.8) is 0 Å². The molecule has 6 nitrogen and oxygen atoms in total. The predicted octanol–water partition coefficient (Wildman–Crippen LogP) is 6.06. The van der Waals surface area contributed by atoms with Gasteiger partial charge in [-0.3, -0.25) is 9.59 Å². The van der Waals surface area contributed by atoms with E-state index in [9.17, 15) is 14.7 Å². The number of hydrogen-bond acceptors (Lipinski definition) is 5. The molecule has 5 rings (SSSR count). The first-order valence-corrected chi connectivity index (χ1v) is 13.2. The molecule has 196 valence electrons. The van der Waals surface area contributed by atoms with E-state index in [1.165, 1.54) is 4.90 Å². The molecule has 6 heteroatoms. The van der Waals surface area contributed by atoms with Crippen LogP contribution in [0.2, 0.25) is 0 Å². The van der Waals surface area contributed by atoms with Gasteiger partial charge in [0, 0.05) is 18.5 Å². The third kappa shape index (κ3) is 5.17. The number of amides is 1. The van der Waals surface area contributed by atoms with E-state index >= 15 is 0 Å². The number of ether oxygens (including phenoxy) is 2. The Morgan fingerprint density at radius 3 is 2.61 bits per heavy atom. The zero-order valence-electron chi connectivity index (χ0n) is 22.0. The van der Waals surface area contributed by atoms with Crippen molar-refractivity contribution in [1.82, 2.24) is 4.90 Å². The molecule has 0 radical (unpaired) electrons. The highest BCUT2D eigenvalue weighted by Crippen LogP contribution is 2.42. The Kier molecular flexibility index (Phi) is 7.23. The number of aliphatic hydroxyl groups excluding tert-OH is 1. The van der Waals surface area contributed by atoms with Crippen molar-refractivity contribution in [2.75, 3.05) is 6.61 Å². The summed E-state index contributed by atoms with van der Waals surface area (Å²) in [6.45, 7) is 7.08. The quantitative estimate of drug-likeness (QED) is 0.226. The number of rotatable bonds is 8. The lowest BCUT2D eigenvalue weighted by Crippen LogP contribution is -2.29. The summed E-state index contributed by atoms with van der Waals surface area (Å²) in [5, 5.41) is 11.5. The molecule has 2 heterocycles. The molecule has 0 bridgehead atoms. The van der Waals surface area contributed by atoms with Gasteiger partial charge in [-0.2, -0.15) is 0 Å². The van der Waals surface area contributed by atoms with Crippen LogP contribution in [-0.4, -0.2) is 34.4 Å². The third-order valence-electron chi connectivity index (χ3n) is 7.04. The number of likely N-dealkylation sites (tertiary alicyclic amines) is 1. The van der Waals surface area contributed by atoms with Gasteiger partial charge in [-0.1, -0.05) is 56.3 Å². The lowest BCUT2D eigenvalue weighted by Gasteiger charge is -2.26. The average molecular weight is 512 g/mol. The number of hydrogen-bond donors (Lipinski definition) is 1. The van der Waals surface area contributed by atoms with Crippen molar-refractivity contribution >= 4 is 17.4 Å². The molecule has 2 aliphatic heterocycles. The van der Waals surface area contributed by atoms with Crippen molar-refractivity contribution in [2.24, 2.45) is 5.92 Å². The van der Waals surface area contributed by atoms with E-state index in [0.717, 1.165) is 29.7 Å². The molecule has 1 amide bonds. The van der Waals surface area contributed by atoms with Crippen LogP contribution in [0.3, 0.4) is 0 Å². The van der Waals surface area contributed by atoms with Gasteiger partial charge in [0.2, 0.25) is 0 Å². The molecule has 0 spiro atoms. The first-order chi connectivity index (χ1) is 18.3. The number of fused-ring (bicyclic) bond motifs is 1. The van der Waals surface area contributed by atoms with Crippen molar-refractivity contribution in [2.45, 2.75) is 52.3 Å². The van der Waals surface area contributed by atoms with Crippen LogP contribution in [0.4, 0.5) is 0 Å². The number of carbonyl (C=O) groups is 2. The van der Waals surface area contributed by atoms with Gasteiger partial charge in [0.1, 0.15) is 23.4 Å². The SMILES string of the molecule is CC(C)CCOc1cccc([C@H]2/C(=C(\O)c3ccc4c(c3)C[C@@H](C)O4)C(=O)C(=O)N2Cc2ccccc2)c1. The summed E-state index contributed by atoms with van der Waals surface area (Å²) >= 11 is 0. The molecule has 3 aromatic carbocycles. The third-order valence-corrected chi connectivity index (χ3v) is 7.04. The molecule has 2 atom stereocenters. The highest BCUT2D eigenvalue weighted by molar-refractivity contribution is 6.46. The van der Waals surface area contributed by atoms with Crippen molar-refractivity contribution in [3.05, 3.63) is 101 Å². The van der Waals surface area contributed by atoms with Gasteiger partial charge >= 0.3 is 0 Å². The van der Waals surface area contributed by atoms with Gasteiger partial charge in [0.15, 0.2) is 0 Å². The summed E-state index contributed by atoms with van der Waals surface area (Å²) in [7, 11) is 0. The lowest BCUT2D eigenvalue weighted by molar-refractivity contribution is -0.140. The van der Waals surface area contributed by atoms with Gasteiger partial charge in [-0.25, -0.2) is 0 Å². The van der Waals surface area contributed by atoms with E-state index in [1.54, 1.807) is 6.07 Å². The number of Topliss-reactive ketones (excluding diaryl/α,β-unsaturated/α-hetero) is 1. The van der Waals surface area contributed by atoms with E-state index < -0.39 is 17.7 Å². The summed E-state index contributed by atoms with van der Waals surface area (Å²) in [4.78, 5) is 28.4. The van der Waals surface area contributed by atoms with Crippen molar-refractivity contribution in [3.8, 4) is 11.5 Å². The first kappa shape index (κ1) is 25.6. The molecule has 2 aliphatic rings. The zero-order valence-corrected chi connectivity index (χ0v) is 22.0. The maximum absolute atomic E-state index is 13.5. The Hall–Kier alpha value is -4.06. The van der Waals surface area contributed by atoms with E-state index in [1.807, 2.05) is 73.7 Å². The Balaban J connectivity index is 1.57. The van der Waals surface area contributed by atoms with Gasteiger partial charge in [0.05, 0.1) is 18.2 Å². The maximum Gasteiger partial charge on any atom is 0.295 e. The van der Waals surface area contributed by atoms with Crippen LogP contribution in [0.15, 0.2) is 78.4 Å². The van der Waals surface area contributed by atoms with Gasteiger partial charge < -0.3 is 19.5 Å². The minimum Gasteiger partial charge on any atom is -0.507 e. The molecule has 1 fully saturated rings. The highest BCUT2D eigenvalue weighted by Gasteiger charge is 2.46. The highest BCUT2D eigenvalue weighted by atomic mass is 16.5. The second-order valence-corrected chi connectivity index (χ2v) is 10.5. The first-order valence-electron chi connectivity index (χ1n) is 13.2. The van der Waals surface area contributed by atoms with E-state index in [2.05, 4.69) is 13.8 Å². The predicted molar refractivity (Wildman–Crippen MR) is 146 cm³/mol. The Bertz CT molecular complexity index is 1380. The fraction of sp³-hybridized carbons (Fsp3) is 0.312. The van der Waals surface area contributed by atoms with E-state index in [0.29, 0.717) is 29.4 Å². The number of benzene rings is 3. The van der Waals surface area contributed by atoms with Crippen LogP contribution >= 0.6 is 0 Å². The smallest absolute Gasteiger partial charge is 0.295 e. The minimum absolute atomic E-state index is 0.0530. The Labute approximate surface area is 223 Å². The zero-order chi connectivity index (χ0) is 26.8. The lowest BCUT2D eigenvalue weighted by atomic mass is 9.94. The molecule has 0 aromatic heterocycles. The molecule has 1 saturated heterocycles. The second kappa shape index (κ2) is 10.7. The van der Waals surface area contributed by atoms with E-state index in [4.69, 9.17) is 9.47 Å². The monoisotopic (exact) mass is 511 g/mol. The van der Waals surface area contributed by atoms with Gasteiger partial charge in [0.25, 0.3) is 11.7 Å². The molecule has 0 unspecified atom stereocenters. The van der Waals surface area contributed by atoms with Gasteiger partial charge in [-0.15, -0.1) is 0 Å². The normalized spacial score (nSPS) is 20.1. The number of aliphatic hydroxyl groups is 1. The van der Waals surface area contributed by atoms with Crippen LogP contribution in [0.1, 0.15) is 55.5 Å².